The maximum atomic E-state index is 13.8. The van der Waals surface area contributed by atoms with Crippen molar-refractivity contribution in [3.05, 3.63) is 94.0 Å². The summed E-state index contributed by atoms with van der Waals surface area (Å²) >= 11 is 12.3. The van der Waals surface area contributed by atoms with E-state index in [0.717, 1.165) is 16.1 Å². The van der Waals surface area contributed by atoms with Crippen LogP contribution in [0.15, 0.2) is 72.8 Å². The Hall–Kier alpha value is -3.27. The molecule has 0 saturated heterocycles. The Balaban J connectivity index is 1.87. The zero-order valence-electron chi connectivity index (χ0n) is 23.5. The number of benzene rings is 3. The van der Waals surface area contributed by atoms with Crippen LogP contribution in [0.25, 0.3) is 0 Å². The summed E-state index contributed by atoms with van der Waals surface area (Å²) in [5.74, 6) is -0.326. The summed E-state index contributed by atoms with van der Waals surface area (Å²) < 4.78 is 32.5. The molecule has 0 saturated carbocycles. The van der Waals surface area contributed by atoms with Gasteiger partial charge in [-0.2, -0.15) is 0 Å². The maximum absolute atomic E-state index is 13.8. The van der Waals surface area contributed by atoms with Crippen LogP contribution in [0.2, 0.25) is 10.0 Å². The quantitative estimate of drug-likeness (QED) is 0.266. The van der Waals surface area contributed by atoms with Gasteiger partial charge in [-0.3, -0.25) is 13.9 Å². The fourth-order valence-electron chi connectivity index (χ4n) is 4.20. The van der Waals surface area contributed by atoms with Crippen LogP contribution in [-0.2, 0) is 32.8 Å². The molecule has 3 aromatic rings. The Morgan fingerprint density at radius 2 is 1.59 bits per heavy atom. The molecule has 0 spiro atoms. The van der Waals surface area contributed by atoms with Gasteiger partial charge in [-0.15, -0.1) is 0 Å². The zero-order chi connectivity index (χ0) is 30.2. The van der Waals surface area contributed by atoms with E-state index in [-0.39, 0.29) is 18.5 Å². The molecule has 11 heteroatoms. The molecule has 220 valence electrons. The molecule has 1 N–H and O–H groups in total. The molecule has 3 aromatic carbocycles. The third-order valence-corrected chi connectivity index (χ3v) is 8.09. The first-order chi connectivity index (χ1) is 19.4. The van der Waals surface area contributed by atoms with Crippen LogP contribution in [0.4, 0.5) is 5.69 Å². The van der Waals surface area contributed by atoms with Crippen LogP contribution in [-0.4, -0.2) is 50.0 Å². The lowest BCUT2D eigenvalue weighted by atomic mass is 10.1. The van der Waals surface area contributed by atoms with Crippen molar-refractivity contribution in [1.29, 1.82) is 0 Å². The van der Waals surface area contributed by atoms with Crippen molar-refractivity contribution in [2.24, 2.45) is 0 Å². The molecular formula is C30H35Cl2N3O5S. The van der Waals surface area contributed by atoms with Crippen molar-refractivity contribution in [3.8, 4) is 5.75 Å². The van der Waals surface area contributed by atoms with E-state index < -0.39 is 28.5 Å². The Bertz CT molecular complexity index is 1430. The molecule has 0 aliphatic heterocycles. The van der Waals surface area contributed by atoms with E-state index in [1.165, 1.54) is 4.90 Å². The lowest BCUT2D eigenvalue weighted by Gasteiger charge is -2.33. The van der Waals surface area contributed by atoms with Crippen LogP contribution in [0, 0.1) is 0 Å². The fourth-order valence-corrected chi connectivity index (χ4v) is 5.37. The highest BCUT2D eigenvalue weighted by Crippen LogP contribution is 2.26. The lowest BCUT2D eigenvalue weighted by Crippen LogP contribution is -2.53. The van der Waals surface area contributed by atoms with Crippen LogP contribution in [0.3, 0.4) is 0 Å². The monoisotopic (exact) mass is 619 g/mol. The number of nitrogens with zero attached hydrogens (tertiary/aromatic N) is 2. The van der Waals surface area contributed by atoms with Crippen molar-refractivity contribution in [2.45, 2.75) is 52.4 Å². The largest absolute Gasteiger partial charge is 0.489 e. The normalized spacial score (nSPS) is 12.1. The van der Waals surface area contributed by atoms with Gasteiger partial charge in [-0.1, -0.05) is 66.5 Å². The van der Waals surface area contributed by atoms with Crippen molar-refractivity contribution in [3.63, 3.8) is 0 Å². The molecule has 8 nitrogen and oxygen atoms in total. The van der Waals surface area contributed by atoms with Crippen molar-refractivity contribution < 1.29 is 22.7 Å². The third kappa shape index (κ3) is 9.38. The number of rotatable bonds is 13. The summed E-state index contributed by atoms with van der Waals surface area (Å²) in [6.45, 7) is 5.33. The highest BCUT2D eigenvalue weighted by molar-refractivity contribution is 7.92. The predicted octanol–water partition coefficient (Wildman–Crippen LogP) is 5.67. The average Bonchev–Trinajstić information content (AvgIpc) is 2.92. The van der Waals surface area contributed by atoms with E-state index in [9.17, 15) is 18.0 Å². The summed E-state index contributed by atoms with van der Waals surface area (Å²) in [5, 5.41) is 3.52. The summed E-state index contributed by atoms with van der Waals surface area (Å²) in [7, 11) is -3.87. The molecule has 0 aromatic heterocycles. The van der Waals surface area contributed by atoms with Gasteiger partial charge in [-0.25, -0.2) is 8.42 Å². The molecular weight excluding hydrogens is 585 g/mol. The minimum atomic E-state index is -3.87. The number of hydrogen-bond acceptors (Lipinski definition) is 5. The first-order valence-electron chi connectivity index (χ1n) is 13.2. The van der Waals surface area contributed by atoms with Crippen LogP contribution in [0.5, 0.6) is 5.75 Å². The van der Waals surface area contributed by atoms with E-state index >= 15 is 0 Å². The van der Waals surface area contributed by atoms with Gasteiger partial charge in [0.2, 0.25) is 21.8 Å². The number of ether oxygens (including phenoxy) is 1. The SMILES string of the molecule is CCC(C(=O)NC(C)C)N(Cc1ccc(Cl)c(Cl)c1)C(=O)CN(c1ccc(OCc2ccccc2)cc1)S(C)(=O)=O. The molecule has 2 amide bonds. The summed E-state index contributed by atoms with van der Waals surface area (Å²) in [6, 6.07) is 20.1. The van der Waals surface area contributed by atoms with Gasteiger partial charge in [0.15, 0.2) is 0 Å². The number of anilines is 1. The van der Waals surface area contributed by atoms with Gasteiger partial charge in [0.25, 0.3) is 0 Å². The molecule has 1 atom stereocenters. The predicted molar refractivity (Wildman–Crippen MR) is 164 cm³/mol. The van der Waals surface area contributed by atoms with Gasteiger partial charge < -0.3 is 15.0 Å². The molecule has 1 unspecified atom stereocenters. The first kappa shape index (κ1) is 32.2. The molecule has 0 radical (unpaired) electrons. The second kappa shape index (κ2) is 14.6. The Morgan fingerprint density at radius 1 is 0.927 bits per heavy atom. The van der Waals surface area contributed by atoms with Gasteiger partial charge in [0, 0.05) is 12.6 Å². The van der Waals surface area contributed by atoms with E-state index in [4.69, 9.17) is 27.9 Å². The van der Waals surface area contributed by atoms with Gasteiger partial charge in [0.05, 0.1) is 22.0 Å². The zero-order valence-corrected chi connectivity index (χ0v) is 25.8. The number of nitrogens with one attached hydrogen (secondary N) is 1. The average molecular weight is 621 g/mol. The minimum Gasteiger partial charge on any atom is -0.489 e. The molecule has 41 heavy (non-hydrogen) atoms. The van der Waals surface area contributed by atoms with E-state index in [1.54, 1.807) is 49.4 Å². The topological polar surface area (TPSA) is 96.0 Å². The number of halogens is 2. The number of sulfonamides is 1. The van der Waals surface area contributed by atoms with Crippen LogP contribution >= 0.6 is 23.2 Å². The molecule has 0 aliphatic carbocycles. The fraction of sp³-hybridized carbons (Fsp3) is 0.333. The number of carbonyl (C=O) groups excluding carboxylic acids is 2. The third-order valence-electron chi connectivity index (χ3n) is 6.21. The van der Waals surface area contributed by atoms with Gasteiger partial charge in [0.1, 0.15) is 24.9 Å². The standard InChI is InChI=1S/C30H35Cl2N3O5S/c1-5-28(30(37)33-21(2)3)34(18-23-11-16-26(31)27(32)17-23)29(36)19-35(41(4,38)39)24-12-14-25(15-13-24)40-20-22-9-7-6-8-10-22/h6-17,21,28H,5,18-20H2,1-4H3,(H,33,37). The number of amides is 2. The molecule has 0 bridgehead atoms. The second-order valence-corrected chi connectivity index (χ2v) is 12.6. The molecule has 0 aliphatic rings. The highest BCUT2D eigenvalue weighted by Gasteiger charge is 2.32. The summed E-state index contributed by atoms with van der Waals surface area (Å²) in [6.07, 6.45) is 1.35. The van der Waals surface area contributed by atoms with E-state index in [2.05, 4.69) is 5.32 Å². The van der Waals surface area contributed by atoms with Gasteiger partial charge >= 0.3 is 0 Å². The van der Waals surface area contributed by atoms with E-state index in [0.29, 0.717) is 40.1 Å². The first-order valence-corrected chi connectivity index (χ1v) is 15.8. The Morgan fingerprint density at radius 3 is 2.15 bits per heavy atom. The Kier molecular flexibility index (Phi) is 11.5. The van der Waals surface area contributed by atoms with Gasteiger partial charge in [-0.05, 0) is 67.8 Å². The van der Waals surface area contributed by atoms with Crippen LogP contribution in [0.1, 0.15) is 38.3 Å². The second-order valence-electron chi connectivity index (χ2n) is 9.90. The number of hydrogen-bond donors (Lipinski definition) is 1. The highest BCUT2D eigenvalue weighted by atomic mass is 35.5. The summed E-state index contributed by atoms with van der Waals surface area (Å²) in [4.78, 5) is 28.3. The number of carbonyl (C=O) groups is 2. The minimum absolute atomic E-state index is 0.0314. The van der Waals surface area contributed by atoms with Crippen LogP contribution < -0.4 is 14.4 Å². The van der Waals surface area contributed by atoms with Crippen molar-refractivity contribution in [1.82, 2.24) is 10.2 Å². The molecule has 3 rings (SSSR count). The molecule has 0 fully saturated rings. The summed E-state index contributed by atoms with van der Waals surface area (Å²) in [5.41, 5.74) is 1.94. The van der Waals surface area contributed by atoms with Crippen molar-refractivity contribution >= 4 is 50.7 Å². The maximum Gasteiger partial charge on any atom is 0.244 e. The Labute approximate surface area is 252 Å². The smallest absolute Gasteiger partial charge is 0.244 e. The molecule has 0 heterocycles. The van der Waals surface area contributed by atoms with Crippen molar-refractivity contribution in [2.75, 3.05) is 17.1 Å². The lowest BCUT2D eigenvalue weighted by molar-refractivity contribution is -0.140. The van der Waals surface area contributed by atoms with E-state index in [1.807, 2.05) is 44.2 Å².